The van der Waals surface area contributed by atoms with Crippen LogP contribution in [0.25, 0.3) is 49.3 Å². The molecule has 2 aromatic carbocycles. The van der Waals surface area contributed by atoms with Crippen LogP contribution in [0.3, 0.4) is 0 Å². The molecule has 1 saturated carbocycles. The molecule has 238 valence electrons. The van der Waals surface area contributed by atoms with Crippen molar-refractivity contribution in [3.63, 3.8) is 0 Å². The molecule has 5 heterocycles. The summed E-state index contributed by atoms with van der Waals surface area (Å²) in [6.07, 6.45) is 11.1. The van der Waals surface area contributed by atoms with Crippen molar-refractivity contribution in [3.05, 3.63) is 89.8 Å². The van der Waals surface area contributed by atoms with Crippen molar-refractivity contribution in [2.45, 2.75) is 44.6 Å². The molecule has 1 saturated heterocycles. The number of nitrogens with zero attached hydrogens (tertiary/aromatic N) is 5. The summed E-state index contributed by atoms with van der Waals surface area (Å²) in [6.45, 7) is 2.34. The Labute approximate surface area is 276 Å². The molecule has 9 nitrogen and oxygen atoms in total. The Balaban J connectivity index is 1.22. The number of hydrogen-bond acceptors (Lipinski definition) is 6. The van der Waals surface area contributed by atoms with E-state index in [0.717, 1.165) is 75.0 Å². The number of pyridine rings is 1. The van der Waals surface area contributed by atoms with E-state index in [1.54, 1.807) is 18.6 Å². The van der Waals surface area contributed by atoms with E-state index < -0.39 is 5.97 Å². The van der Waals surface area contributed by atoms with E-state index in [2.05, 4.69) is 64.1 Å². The van der Waals surface area contributed by atoms with Crippen LogP contribution in [0.5, 0.6) is 0 Å². The predicted molar refractivity (Wildman–Crippen MR) is 183 cm³/mol. The van der Waals surface area contributed by atoms with E-state index in [4.69, 9.17) is 9.72 Å². The number of fused-ring (bicyclic) bond motifs is 2. The minimum Gasteiger partial charge on any atom is -0.477 e. The summed E-state index contributed by atoms with van der Waals surface area (Å²) < 4.78 is 10.6. The van der Waals surface area contributed by atoms with Crippen LogP contribution in [-0.2, 0) is 16.1 Å². The summed E-state index contributed by atoms with van der Waals surface area (Å²) in [5.41, 5.74) is 7.92. The highest BCUT2D eigenvalue weighted by molar-refractivity contribution is 7.21. The largest absolute Gasteiger partial charge is 0.477 e. The van der Waals surface area contributed by atoms with Crippen LogP contribution in [-0.4, -0.2) is 67.3 Å². The van der Waals surface area contributed by atoms with Crippen LogP contribution in [0.15, 0.2) is 79.4 Å². The third kappa shape index (κ3) is 5.61. The summed E-state index contributed by atoms with van der Waals surface area (Å²) in [5, 5.41) is 11.0. The van der Waals surface area contributed by atoms with Crippen molar-refractivity contribution in [3.8, 4) is 28.2 Å². The first-order chi connectivity index (χ1) is 23.0. The van der Waals surface area contributed by atoms with Crippen LogP contribution in [0, 0.1) is 0 Å². The Hall–Kier alpha value is -4.80. The molecule has 0 unspecified atom stereocenters. The monoisotopic (exact) mass is 645 g/mol. The molecule has 0 atom stereocenters. The second kappa shape index (κ2) is 12.4. The minimum atomic E-state index is -0.933. The highest BCUT2D eigenvalue weighted by atomic mass is 32.1. The molecule has 0 spiro atoms. The van der Waals surface area contributed by atoms with E-state index >= 15 is 0 Å². The highest BCUT2D eigenvalue weighted by Crippen LogP contribution is 2.47. The molecule has 2 fully saturated rings. The van der Waals surface area contributed by atoms with Gasteiger partial charge >= 0.3 is 5.97 Å². The summed E-state index contributed by atoms with van der Waals surface area (Å²) in [7, 11) is 0. The van der Waals surface area contributed by atoms with Gasteiger partial charge < -0.3 is 23.9 Å². The fourth-order valence-corrected chi connectivity index (χ4v) is 8.32. The quantitative estimate of drug-likeness (QED) is 0.194. The van der Waals surface area contributed by atoms with Crippen LogP contribution >= 0.6 is 11.3 Å². The van der Waals surface area contributed by atoms with Gasteiger partial charge in [-0.3, -0.25) is 4.79 Å². The van der Waals surface area contributed by atoms with E-state index in [9.17, 15) is 14.7 Å². The number of carbonyl (C=O) groups excluding carboxylic acids is 1. The van der Waals surface area contributed by atoms with Gasteiger partial charge in [-0.25, -0.2) is 14.8 Å². The van der Waals surface area contributed by atoms with Gasteiger partial charge in [0.1, 0.15) is 11.4 Å². The minimum absolute atomic E-state index is 0.0240. The fraction of sp³-hybridized carbons (Fsp3) is 0.297. The molecule has 1 aliphatic heterocycles. The molecule has 1 amide bonds. The van der Waals surface area contributed by atoms with Crippen molar-refractivity contribution >= 4 is 44.3 Å². The maximum absolute atomic E-state index is 13.7. The van der Waals surface area contributed by atoms with Crippen LogP contribution in [0.4, 0.5) is 0 Å². The normalized spacial score (nSPS) is 15.9. The zero-order valence-electron chi connectivity index (χ0n) is 26.0. The average Bonchev–Trinajstić information content (AvgIpc) is 3.87. The molecule has 47 heavy (non-hydrogen) atoms. The maximum Gasteiger partial charge on any atom is 0.345 e. The van der Waals surface area contributed by atoms with Gasteiger partial charge in [0.05, 0.1) is 46.7 Å². The Morgan fingerprint density at radius 1 is 0.936 bits per heavy atom. The highest BCUT2D eigenvalue weighted by Gasteiger charge is 2.30. The van der Waals surface area contributed by atoms with E-state index in [1.165, 1.54) is 23.3 Å². The van der Waals surface area contributed by atoms with Gasteiger partial charge in [0.25, 0.3) is 0 Å². The lowest BCUT2D eigenvalue weighted by Gasteiger charge is -2.28. The number of carboxylic acid groups (broad SMARTS) is 1. The summed E-state index contributed by atoms with van der Waals surface area (Å²) in [6, 6.07) is 20.6. The lowest BCUT2D eigenvalue weighted by atomic mass is 9.83. The third-order valence-corrected chi connectivity index (χ3v) is 10.7. The van der Waals surface area contributed by atoms with Crippen molar-refractivity contribution in [2.75, 3.05) is 26.3 Å². The number of ether oxygens (including phenoxy) is 1. The third-order valence-electron chi connectivity index (χ3n) is 9.58. The van der Waals surface area contributed by atoms with Crippen LogP contribution in [0.2, 0.25) is 0 Å². The van der Waals surface area contributed by atoms with Gasteiger partial charge in [-0.2, -0.15) is 0 Å². The molecule has 4 aromatic heterocycles. The standard InChI is InChI=1S/C37H35N5O4S/c43-33(40-16-18-46-19-17-40)22-42-31-21-32(37(44)45)47-36(31)34(25-4-2-1-3-5-25)35(42)27-9-13-30-26(20-27)8-12-29(39-30)24-6-10-28(11-7-24)41-15-14-38-23-41/h6-15,20-21,23,25H,1-5,16-19,22H2,(H,44,45). The number of hydrogen-bond donors (Lipinski definition) is 1. The second-order valence-electron chi connectivity index (χ2n) is 12.4. The number of amides is 1. The molecule has 0 bridgehead atoms. The molecule has 1 N–H and O–H groups in total. The molecule has 1 aliphatic carbocycles. The molecule has 6 aromatic rings. The maximum atomic E-state index is 13.7. The second-order valence-corrected chi connectivity index (χ2v) is 13.5. The molecule has 2 aliphatic rings. The van der Waals surface area contributed by atoms with Gasteiger partial charge in [-0.15, -0.1) is 11.3 Å². The lowest BCUT2D eigenvalue weighted by Crippen LogP contribution is -2.42. The van der Waals surface area contributed by atoms with Crippen molar-refractivity contribution in [1.29, 1.82) is 0 Å². The fourth-order valence-electron chi connectivity index (χ4n) is 7.20. The zero-order chi connectivity index (χ0) is 31.9. The lowest BCUT2D eigenvalue weighted by molar-refractivity contribution is -0.135. The number of aromatic nitrogens is 4. The predicted octanol–water partition coefficient (Wildman–Crippen LogP) is 7.38. The molecular weight excluding hydrogens is 611 g/mol. The Morgan fingerprint density at radius 2 is 1.72 bits per heavy atom. The van der Waals surface area contributed by atoms with E-state index in [1.807, 2.05) is 15.7 Å². The van der Waals surface area contributed by atoms with Gasteiger partial charge in [0, 0.05) is 42.1 Å². The first kappa shape index (κ1) is 29.6. The zero-order valence-corrected chi connectivity index (χ0v) is 26.8. The van der Waals surface area contributed by atoms with E-state index in [-0.39, 0.29) is 12.5 Å². The Morgan fingerprint density at radius 3 is 2.47 bits per heavy atom. The smallest absolute Gasteiger partial charge is 0.345 e. The van der Waals surface area contributed by atoms with Gasteiger partial charge in [0.2, 0.25) is 5.91 Å². The number of carboxylic acids is 1. The number of benzene rings is 2. The molecule has 10 heteroatoms. The van der Waals surface area contributed by atoms with Gasteiger partial charge in [-0.1, -0.05) is 43.5 Å². The summed E-state index contributed by atoms with van der Waals surface area (Å²) >= 11 is 1.34. The van der Waals surface area contributed by atoms with Gasteiger partial charge in [0.15, 0.2) is 0 Å². The number of morpholine rings is 1. The average molecular weight is 646 g/mol. The number of rotatable bonds is 7. The topological polar surface area (TPSA) is 102 Å². The first-order valence-corrected chi connectivity index (χ1v) is 17.1. The number of thiophene rings is 1. The van der Waals surface area contributed by atoms with Crippen molar-refractivity contribution in [1.82, 2.24) is 24.0 Å². The number of imidazole rings is 1. The van der Waals surface area contributed by atoms with Crippen molar-refractivity contribution in [2.24, 2.45) is 0 Å². The first-order valence-electron chi connectivity index (χ1n) is 16.3. The molecular formula is C37H35N5O4S. The molecule has 0 radical (unpaired) electrons. The number of carbonyl (C=O) groups is 2. The molecule has 8 rings (SSSR count). The van der Waals surface area contributed by atoms with Crippen LogP contribution in [0.1, 0.15) is 53.3 Å². The van der Waals surface area contributed by atoms with Crippen molar-refractivity contribution < 1.29 is 19.4 Å². The Kier molecular flexibility index (Phi) is 7.82. The van der Waals surface area contributed by atoms with Gasteiger partial charge in [-0.05, 0) is 66.3 Å². The summed E-state index contributed by atoms with van der Waals surface area (Å²) in [4.78, 5) is 37.2. The Bertz CT molecular complexity index is 2090. The number of aromatic carboxylic acids is 1. The van der Waals surface area contributed by atoms with Crippen LogP contribution < -0.4 is 0 Å². The summed E-state index contributed by atoms with van der Waals surface area (Å²) in [5.74, 6) is -0.601. The SMILES string of the molecule is O=C(O)c1cc2c(s1)c(C1CCCCC1)c(-c1ccc3nc(-c4ccc(-n5ccnc5)cc4)ccc3c1)n2CC(=O)N1CCOCC1. The van der Waals surface area contributed by atoms with E-state index in [0.29, 0.717) is 37.1 Å².